The van der Waals surface area contributed by atoms with Crippen LogP contribution in [0.4, 0.5) is 0 Å². The molecule has 1 aromatic heterocycles. The first kappa shape index (κ1) is 26.5. The predicted octanol–water partition coefficient (Wildman–Crippen LogP) is 4.64. The second kappa shape index (κ2) is 11.2. The van der Waals surface area contributed by atoms with Crippen molar-refractivity contribution >= 4 is 16.8 Å². The van der Waals surface area contributed by atoms with E-state index in [4.69, 9.17) is 23.9 Å². The molecule has 0 aliphatic rings. The Bertz CT molecular complexity index is 1510. The van der Waals surface area contributed by atoms with Gasteiger partial charge in [-0.05, 0) is 42.8 Å². The Morgan fingerprint density at radius 2 is 1.50 bits per heavy atom. The van der Waals surface area contributed by atoms with Gasteiger partial charge in [0.25, 0.3) is 11.5 Å². The Morgan fingerprint density at radius 3 is 2.11 bits per heavy atom. The molecule has 0 aliphatic heterocycles. The van der Waals surface area contributed by atoms with Crippen LogP contribution in [0.2, 0.25) is 0 Å². The Kier molecular flexibility index (Phi) is 7.85. The van der Waals surface area contributed by atoms with Crippen LogP contribution in [0.1, 0.15) is 35.6 Å². The van der Waals surface area contributed by atoms with Gasteiger partial charge < -0.3 is 23.8 Å². The van der Waals surface area contributed by atoms with Crippen LogP contribution in [0, 0.1) is 0 Å². The molecule has 0 saturated carbocycles. The molecule has 0 N–H and O–H groups in total. The van der Waals surface area contributed by atoms with Gasteiger partial charge in [-0.1, -0.05) is 31.2 Å². The fourth-order valence-electron chi connectivity index (χ4n) is 4.60. The monoisotopic (exact) mass is 517 g/mol. The second-order valence-electron chi connectivity index (χ2n) is 8.55. The van der Waals surface area contributed by atoms with Crippen LogP contribution < -0.4 is 24.5 Å². The molecule has 3 aromatic carbocycles. The standard InChI is InChI=1S/C29H31N3O6/c1-7-21(31(2)28(33)18-16-24(36-4)26(38-6)25(17-18)37-5)27-30-20-13-9-8-12-19(20)29(34)32(27)22-14-10-11-15-23(22)35-3/h8-17,21H,7H2,1-6H3. The first-order valence-corrected chi connectivity index (χ1v) is 12.1. The largest absolute Gasteiger partial charge is 0.495 e. The molecule has 0 fully saturated rings. The van der Waals surface area contributed by atoms with Gasteiger partial charge >= 0.3 is 0 Å². The molecule has 4 rings (SSSR count). The number of nitrogens with zero attached hydrogens (tertiary/aromatic N) is 3. The topological polar surface area (TPSA) is 92.1 Å². The molecule has 4 aromatic rings. The number of ether oxygens (including phenoxy) is 4. The molecule has 9 nitrogen and oxygen atoms in total. The first-order chi connectivity index (χ1) is 18.4. The predicted molar refractivity (Wildman–Crippen MR) is 145 cm³/mol. The summed E-state index contributed by atoms with van der Waals surface area (Å²) < 4.78 is 23.4. The van der Waals surface area contributed by atoms with Gasteiger partial charge in [0, 0.05) is 12.6 Å². The van der Waals surface area contributed by atoms with Crippen molar-refractivity contribution in [1.82, 2.24) is 14.5 Å². The van der Waals surface area contributed by atoms with E-state index in [1.54, 1.807) is 61.5 Å². The van der Waals surface area contributed by atoms with E-state index >= 15 is 0 Å². The SMILES string of the molecule is CCC(c1nc2ccccc2c(=O)n1-c1ccccc1OC)N(C)C(=O)c1cc(OC)c(OC)c(OC)c1. The zero-order chi connectivity index (χ0) is 27.4. The summed E-state index contributed by atoms with van der Waals surface area (Å²) in [6, 6.07) is 17.1. The average Bonchev–Trinajstić information content (AvgIpc) is 2.96. The third kappa shape index (κ3) is 4.63. The molecule has 9 heteroatoms. The molecule has 0 saturated heterocycles. The Morgan fingerprint density at radius 1 is 0.895 bits per heavy atom. The lowest BCUT2D eigenvalue weighted by molar-refractivity contribution is 0.0716. The minimum Gasteiger partial charge on any atom is -0.495 e. The molecule has 1 atom stereocenters. The van der Waals surface area contributed by atoms with Crippen molar-refractivity contribution in [3.63, 3.8) is 0 Å². The number of carbonyl (C=O) groups excluding carboxylic acids is 1. The molecule has 0 bridgehead atoms. The van der Waals surface area contributed by atoms with E-state index in [2.05, 4.69) is 0 Å². The number of para-hydroxylation sites is 3. The maximum Gasteiger partial charge on any atom is 0.266 e. The van der Waals surface area contributed by atoms with Crippen molar-refractivity contribution in [2.24, 2.45) is 0 Å². The highest BCUT2D eigenvalue weighted by Gasteiger charge is 2.29. The van der Waals surface area contributed by atoms with Crippen LogP contribution in [0.5, 0.6) is 23.0 Å². The van der Waals surface area contributed by atoms with E-state index in [-0.39, 0.29) is 11.5 Å². The van der Waals surface area contributed by atoms with Crippen LogP contribution in [-0.2, 0) is 0 Å². The number of aromatic nitrogens is 2. The van der Waals surface area contributed by atoms with Crippen molar-refractivity contribution < 1.29 is 23.7 Å². The third-order valence-electron chi connectivity index (χ3n) is 6.51. The fourth-order valence-corrected chi connectivity index (χ4v) is 4.60. The minimum absolute atomic E-state index is 0.248. The highest BCUT2D eigenvalue weighted by atomic mass is 16.5. The van der Waals surface area contributed by atoms with E-state index in [0.29, 0.717) is 57.4 Å². The van der Waals surface area contributed by atoms with E-state index < -0.39 is 6.04 Å². The number of methoxy groups -OCH3 is 4. The van der Waals surface area contributed by atoms with Crippen molar-refractivity contribution in [2.75, 3.05) is 35.5 Å². The lowest BCUT2D eigenvalue weighted by atomic mass is 10.1. The molecular weight excluding hydrogens is 486 g/mol. The number of rotatable bonds is 9. The van der Waals surface area contributed by atoms with Crippen molar-refractivity contribution in [1.29, 1.82) is 0 Å². The van der Waals surface area contributed by atoms with Gasteiger partial charge in [0.05, 0.1) is 51.1 Å². The number of benzene rings is 3. The summed E-state index contributed by atoms with van der Waals surface area (Å²) in [5.74, 6) is 1.76. The minimum atomic E-state index is -0.552. The van der Waals surface area contributed by atoms with E-state index in [0.717, 1.165) is 0 Å². The average molecular weight is 518 g/mol. The van der Waals surface area contributed by atoms with Gasteiger partial charge in [-0.3, -0.25) is 14.2 Å². The summed E-state index contributed by atoms with van der Waals surface area (Å²) in [7, 11) is 7.73. The van der Waals surface area contributed by atoms with E-state index in [1.807, 2.05) is 25.1 Å². The van der Waals surface area contributed by atoms with Crippen LogP contribution in [0.25, 0.3) is 16.6 Å². The highest BCUT2D eigenvalue weighted by molar-refractivity contribution is 5.95. The molecule has 38 heavy (non-hydrogen) atoms. The summed E-state index contributed by atoms with van der Waals surface area (Å²) in [6.45, 7) is 1.94. The van der Waals surface area contributed by atoms with Gasteiger partial charge in [-0.15, -0.1) is 0 Å². The van der Waals surface area contributed by atoms with E-state index in [1.165, 1.54) is 25.9 Å². The smallest absolute Gasteiger partial charge is 0.266 e. The maximum atomic E-state index is 13.9. The van der Waals surface area contributed by atoms with Gasteiger partial charge in [0.2, 0.25) is 5.75 Å². The van der Waals surface area contributed by atoms with Crippen molar-refractivity contribution in [3.8, 4) is 28.7 Å². The zero-order valence-corrected chi connectivity index (χ0v) is 22.3. The maximum absolute atomic E-state index is 13.9. The van der Waals surface area contributed by atoms with Gasteiger partial charge in [-0.25, -0.2) is 4.98 Å². The number of fused-ring (bicyclic) bond motifs is 1. The van der Waals surface area contributed by atoms with Gasteiger partial charge in [-0.2, -0.15) is 0 Å². The molecule has 0 aliphatic carbocycles. The van der Waals surface area contributed by atoms with Crippen molar-refractivity contribution in [2.45, 2.75) is 19.4 Å². The lowest BCUT2D eigenvalue weighted by Crippen LogP contribution is -2.36. The van der Waals surface area contributed by atoms with E-state index in [9.17, 15) is 9.59 Å². The molecule has 1 heterocycles. The first-order valence-electron chi connectivity index (χ1n) is 12.1. The fraction of sp³-hybridized carbons (Fsp3) is 0.276. The summed E-state index contributed by atoms with van der Waals surface area (Å²) >= 11 is 0. The van der Waals surface area contributed by atoms with Crippen LogP contribution in [-0.4, -0.2) is 55.8 Å². The lowest BCUT2D eigenvalue weighted by Gasteiger charge is -2.29. The quantitative estimate of drug-likeness (QED) is 0.319. The van der Waals surface area contributed by atoms with Crippen LogP contribution in [0.15, 0.2) is 65.5 Å². The highest BCUT2D eigenvalue weighted by Crippen LogP contribution is 2.39. The summed E-state index contributed by atoms with van der Waals surface area (Å²) in [6.07, 6.45) is 0.493. The van der Waals surface area contributed by atoms with Gasteiger partial charge in [0.15, 0.2) is 11.5 Å². The summed E-state index contributed by atoms with van der Waals surface area (Å²) in [4.78, 5) is 34.1. The molecule has 0 radical (unpaired) electrons. The molecule has 198 valence electrons. The number of carbonyl (C=O) groups is 1. The number of hydrogen-bond acceptors (Lipinski definition) is 7. The molecule has 1 amide bonds. The second-order valence-corrected chi connectivity index (χ2v) is 8.55. The normalized spacial score (nSPS) is 11.6. The molecule has 1 unspecified atom stereocenters. The number of amides is 1. The zero-order valence-electron chi connectivity index (χ0n) is 22.3. The number of hydrogen-bond donors (Lipinski definition) is 0. The van der Waals surface area contributed by atoms with Gasteiger partial charge in [0.1, 0.15) is 11.6 Å². The molecule has 0 spiro atoms. The Hall–Kier alpha value is -4.53. The van der Waals surface area contributed by atoms with Crippen LogP contribution in [0.3, 0.4) is 0 Å². The summed E-state index contributed by atoms with van der Waals surface area (Å²) in [5, 5.41) is 0.468. The summed E-state index contributed by atoms with van der Waals surface area (Å²) in [5.41, 5.74) is 1.18. The third-order valence-corrected chi connectivity index (χ3v) is 6.51. The van der Waals surface area contributed by atoms with Crippen LogP contribution >= 0.6 is 0 Å². The molecular formula is C29H31N3O6. The Labute approximate surface area is 221 Å². The Balaban J connectivity index is 1.91. The van der Waals surface area contributed by atoms with Crippen molar-refractivity contribution in [3.05, 3.63) is 82.4 Å².